The maximum absolute atomic E-state index is 12.2. The molecule has 1 aliphatic heterocycles. The van der Waals surface area contributed by atoms with Crippen molar-refractivity contribution in [3.63, 3.8) is 0 Å². The molecule has 1 aromatic rings. The number of hydrogen-bond acceptors (Lipinski definition) is 4. The Morgan fingerprint density at radius 2 is 1.80 bits per heavy atom. The van der Waals surface area contributed by atoms with E-state index in [4.69, 9.17) is 6.42 Å². The van der Waals surface area contributed by atoms with Gasteiger partial charge in [-0.1, -0.05) is 24.1 Å². The van der Waals surface area contributed by atoms with Crippen molar-refractivity contribution in [3.05, 3.63) is 30.3 Å². The number of carbonyl (C=O) groups excluding carboxylic acids is 3. The molecule has 4 amide bonds. The first kappa shape index (κ1) is 13.6. The van der Waals surface area contributed by atoms with Gasteiger partial charge in [-0.3, -0.25) is 14.6 Å². The van der Waals surface area contributed by atoms with E-state index in [1.807, 2.05) is 6.07 Å². The zero-order valence-corrected chi connectivity index (χ0v) is 10.9. The summed E-state index contributed by atoms with van der Waals surface area (Å²) in [6.07, 6.45) is 5.10. The van der Waals surface area contributed by atoms with Crippen LogP contribution in [0, 0.1) is 12.3 Å². The fourth-order valence-electron chi connectivity index (χ4n) is 1.98. The minimum Gasteiger partial charge on any atom is -0.274 e. The lowest BCUT2D eigenvalue weighted by Crippen LogP contribution is -2.47. The third-order valence-corrected chi connectivity index (χ3v) is 2.88. The molecule has 6 heteroatoms. The molecule has 0 saturated carbocycles. The van der Waals surface area contributed by atoms with Gasteiger partial charge in [0.2, 0.25) is 0 Å². The molecule has 102 valence electrons. The largest absolute Gasteiger partial charge is 0.354 e. The Hall–Kier alpha value is -2.81. The molecule has 1 aromatic carbocycles. The highest BCUT2D eigenvalue weighted by molar-refractivity contribution is 6.45. The van der Waals surface area contributed by atoms with Crippen LogP contribution in [0.4, 0.5) is 10.5 Å². The van der Waals surface area contributed by atoms with Crippen LogP contribution in [0.15, 0.2) is 30.3 Å². The number of benzene rings is 1. The highest BCUT2D eigenvalue weighted by atomic mass is 16.2. The zero-order valence-electron chi connectivity index (χ0n) is 10.9. The molecular weight excluding hydrogens is 258 g/mol. The van der Waals surface area contributed by atoms with Crippen molar-refractivity contribution in [1.82, 2.24) is 9.91 Å². The minimum atomic E-state index is -0.901. The van der Waals surface area contributed by atoms with Gasteiger partial charge in [-0.15, -0.1) is 6.42 Å². The van der Waals surface area contributed by atoms with Gasteiger partial charge in [0.05, 0.1) is 12.2 Å². The van der Waals surface area contributed by atoms with Gasteiger partial charge in [0.15, 0.2) is 0 Å². The maximum atomic E-state index is 12.2. The van der Waals surface area contributed by atoms with Gasteiger partial charge >= 0.3 is 17.8 Å². The first-order valence-electron chi connectivity index (χ1n) is 6.07. The third-order valence-electron chi connectivity index (χ3n) is 2.88. The first-order chi connectivity index (χ1) is 9.61. The fourth-order valence-corrected chi connectivity index (χ4v) is 1.98. The number of hydrogen-bond donors (Lipinski definition) is 0. The Kier molecular flexibility index (Phi) is 3.71. The summed E-state index contributed by atoms with van der Waals surface area (Å²) >= 11 is 0. The number of imide groups is 2. The second-order valence-electron chi connectivity index (χ2n) is 4.05. The van der Waals surface area contributed by atoms with Gasteiger partial charge in [-0.25, -0.2) is 9.69 Å². The average Bonchev–Trinajstić information content (AvgIpc) is 2.67. The van der Waals surface area contributed by atoms with Crippen LogP contribution in [0.1, 0.15) is 6.92 Å². The third kappa shape index (κ3) is 2.10. The number of para-hydroxylation sites is 1. The van der Waals surface area contributed by atoms with E-state index < -0.39 is 17.8 Å². The van der Waals surface area contributed by atoms with Crippen LogP contribution in [0.5, 0.6) is 0 Å². The number of urea groups is 1. The quantitative estimate of drug-likeness (QED) is 0.463. The number of terminal acetylenes is 1. The lowest BCUT2D eigenvalue weighted by atomic mass is 10.3. The molecular formula is C14H13N3O3. The molecule has 0 bridgehead atoms. The number of amides is 4. The van der Waals surface area contributed by atoms with E-state index in [0.717, 1.165) is 9.91 Å². The van der Waals surface area contributed by atoms with Crippen molar-refractivity contribution >= 4 is 23.5 Å². The minimum absolute atomic E-state index is 0.216. The van der Waals surface area contributed by atoms with E-state index in [1.165, 1.54) is 5.01 Å². The zero-order chi connectivity index (χ0) is 14.7. The van der Waals surface area contributed by atoms with Crippen LogP contribution in [-0.4, -0.2) is 40.8 Å². The van der Waals surface area contributed by atoms with Crippen LogP contribution in [-0.2, 0) is 9.59 Å². The number of anilines is 1. The first-order valence-corrected chi connectivity index (χ1v) is 6.07. The monoisotopic (exact) mass is 271 g/mol. The molecule has 0 radical (unpaired) electrons. The Morgan fingerprint density at radius 3 is 2.35 bits per heavy atom. The fraction of sp³-hybridized carbons (Fsp3) is 0.214. The van der Waals surface area contributed by atoms with Gasteiger partial charge in [0.1, 0.15) is 0 Å². The van der Waals surface area contributed by atoms with Gasteiger partial charge in [-0.05, 0) is 19.1 Å². The van der Waals surface area contributed by atoms with Gasteiger partial charge < -0.3 is 0 Å². The Morgan fingerprint density at radius 1 is 1.15 bits per heavy atom. The van der Waals surface area contributed by atoms with E-state index in [2.05, 4.69) is 5.92 Å². The molecule has 0 aliphatic carbocycles. The predicted octanol–water partition coefficient (Wildman–Crippen LogP) is 0.852. The Labute approximate surface area is 116 Å². The summed E-state index contributed by atoms with van der Waals surface area (Å²) in [6.45, 7) is 1.92. The van der Waals surface area contributed by atoms with Crippen molar-refractivity contribution in [3.8, 4) is 12.3 Å². The molecule has 0 N–H and O–H groups in total. The SMILES string of the molecule is C#CCN1C(=O)C(=O)N(N(CC)c2ccccc2)C1=O. The summed E-state index contributed by atoms with van der Waals surface area (Å²) in [6, 6.07) is 8.16. The number of carbonyl (C=O) groups is 3. The molecule has 1 aliphatic rings. The van der Waals surface area contributed by atoms with Crippen LogP contribution < -0.4 is 5.01 Å². The van der Waals surface area contributed by atoms with Crippen LogP contribution in [0.2, 0.25) is 0 Å². The van der Waals surface area contributed by atoms with E-state index in [1.54, 1.807) is 31.2 Å². The summed E-state index contributed by atoms with van der Waals surface area (Å²) in [5.41, 5.74) is 0.645. The smallest absolute Gasteiger partial charge is 0.274 e. The van der Waals surface area contributed by atoms with Crippen LogP contribution in [0.3, 0.4) is 0 Å². The van der Waals surface area contributed by atoms with Gasteiger partial charge in [0.25, 0.3) is 0 Å². The Bertz CT molecular complexity index is 591. The summed E-state index contributed by atoms with van der Waals surface area (Å²) in [7, 11) is 0. The van der Waals surface area contributed by atoms with E-state index in [0.29, 0.717) is 12.2 Å². The molecule has 1 saturated heterocycles. The predicted molar refractivity (Wildman–Crippen MR) is 72.3 cm³/mol. The van der Waals surface area contributed by atoms with Gasteiger partial charge in [0, 0.05) is 6.54 Å². The molecule has 0 spiro atoms. The van der Waals surface area contributed by atoms with E-state index in [-0.39, 0.29) is 6.54 Å². The second kappa shape index (κ2) is 5.45. The van der Waals surface area contributed by atoms with E-state index >= 15 is 0 Å². The van der Waals surface area contributed by atoms with Crippen LogP contribution in [0.25, 0.3) is 0 Å². The molecule has 0 atom stereocenters. The molecule has 0 aromatic heterocycles. The Balaban J connectivity index is 2.36. The molecule has 1 fully saturated rings. The summed E-state index contributed by atoms with van der Waals surface area (Å²) in [5, 5.41) is 2.27. The summed E-state index contributed by atoms with van der Waals surface area (Å²) < 4.78 is 0. The second-order valence-corrected chi connectivity index (χ2v) is 4.05. The van der Waals surface area contributed by atoms with Crippen molar-refractivity contribution in [2.75, 3.05) is 18.1 Å². The normalized spacial score (nSPS) is 14.7. The van der Waals surface area contributed by atoms with Crippen LogP contribution >= 0.6 is 0 Å². The highest BCUT2D eigenvalue weighted by Crippen LogP contribution is 2.21. The standard InChI is InChI=1S/C14H13N3O3/c1-3-10-15-12(18)13(19)17(14(15)20)16(4-2)11-8-6-5-7-9-11/h1,5-9H,4,10H2,2H3. The topological polar surface area (TPSA) is 60.9 Å². The molecule has 0 unspecified atom stereocenters. The molecule has 2 rings (SSSR count). The summed E-state index contributed by atoms with van der Waals surface area (Å²) in [5.74, 6) is 0.402. The van der Waals surface area contributed by atoms with Crippen molar-refractivity contribution in [1.29, 1.82) is 0 Å². The van der Waals surface area contributed by atoms with E-state index in [9.17, 15) is 14.4 Å². The maximum Gasteiger partial charge on any atom is 0.354 e. The lowest BCUT2D eigenvalue weighted by Gasteiger charge is -2.29. The number of rotatable bonds is 4. The molecule has 1 heterocycles. The molecule has 6 nitrogen and oxygen atoms in total. The van der Waals surface area contributed by atoms with Crippen molar-refractivity contribution < 1.29 is 14.4 Å². The number of hydrazine groups is 1. The van der Waals surface area contributed by atoms with Crippen molar-refractivity contribution in [2.24, 2.45) is 0 Å². The highest BCUT2D eigenvalue weighted by Gasteiger charge is 2.47. The van der Waals surface area contributed by atoms with Crippen molar-refractivity contribution in [2.45, 2.75) is 6.92 Å². The van der Waals surface area contributed by atoms with Gasteiger partial charge in [-0.2, -0.15) is 5.01 Å². The lowest BCUT2D eigenvalue weighted by molar-refractivity contribution is -0.143. The summed E-state index contributed by atoms with van der Waals surface area (Å²) in [4.78, 5) is 36.7. The molecule has 20 heavy (non-hydrogen) atoms. The number of nitrogens with zero attached hydrogens (tertiary/aromatic N) is 3. The average molecular weight is 271 g/mol.